The Bertz CT molecular complexity index is 955. The van der Waals surface area contributed by atoms with Crippen LogP contribution in [0.5, 0.6) is 0 Å². The van der Waals surface area contributed by atoms with Crippen molar-refractivity contribution in [1.29, 1.82) is 0 Å². The van der Waals surface area contributed by atoms with E-state index in [-0.39, 0.29) is 29.4 Å². The molecule has 0 saturated heterocycles. The molecule has 0 unspecified atom stereocenters. The number of halogens is 1. The van der Waals surface area contributed by atoms with Gasteiger partial charge in [0, 0.05) is 31.0 Å². The first-order chi connectivity index (χ1) is 13.8. The van der Waals surface area contributed by atoms with E-state index < -0.39 is 0 Å². The summed E-state index contributed by atoms with van der Waals surface area (Å²) < 4.78 is 11.4. The van der Waals surface area contributed by atoms with Gasteiger partial charge in [-0.15, -0.1) is 24.0 Å². The predicted octanol–water partition coefficient (Wildman–Crippen LogP) is 4.46. The molecule has 162 valence electrons. The maximum absolute atomic E-state index is 5.79. The van der Waals surface area contributed by atoms with E-state index in [2.05, 4.69) is 65.4 Å². The van der Waals surface area contributed by atoms with Crippen LogP contribution in [0.2, 0.25) is 0 Å². The number of nitrogens with zero attached hydrogens (tertiary/aromatic N) is 3. The Morgan fingerprint density at radius 3 is 2.50 bits per heavy atom. The number of hydrogen-bond donors (Lipinski definition) is 2. The van der Waals surface area contributed by atoms with Crippen LogP contribution in [0.3, 0.4) is 0 Å². The van der Waals surface area contributed by atoms with Crippen molar-refractivity contribution in [2.24, 2.45) is 4.99 Å². The van der Waals surface area contributed by atoms with Gasteiger partial charge in [0.25, 0.3) is 0 Å². The number of aromatic nitrogens is 2. The molecule has 0 fully saturated rings. The molecule has 0 atom stereocenters. The highest BCUT2D eigenvalue weighted by molar-refractivity contribution is 14.0. The van der Waals surface area contributed by atoms with Gasteiger partial charge in [-0.2, -0.15) is 0 Å². The minimum Gasteiger partial charge on any atom is -0.444 e. The molecule has 0 spiro atoms. The predicted molar refractivity (Wildman–Crippen MR) is 129 cm³/mol. The molecule has 30 heavy (non-hydrogen) atoms. The van der Waals surface area contributed by atoms with Crippen molar-refractivity contribution in [3.63, 3.8) is 0 Å². The summed E-state index contributed by atoms with van der Waals surface area (Å²) in [6.07, 6.45) is 4.21. The Morgan fingerprint density at radius 2 is 1.87 bits per heavy atom. The van der Waals surface area contributed by atoms with Crippen molar-refractivity contribution in [2.45, 2.75) is 46.1 Å². The van der Waals surface area contributed by atoms with E-state index in [9.17, 15) is 0 Å². The van der Waals surface area contributed by atoms with Gasteiger partial charge < -0.3 is 19.5 Å². The normalized spacial score (nSPS) is 11.8. The lowest BCUT2D eigenvalue weighted by molar-refractivity contribution is 0.379. The average molecular weight is 523 g/mol. The van der Waals surface area contributed by atoms with Crippen LogP contribution in [0, 0.1) is 6.92 Å². The summed E-state index contributed by atoms with van der Waals surface area (Å²) in [4.78, 5) is 13.1. The summed E-state index contributed by atoms with van der Waals surface area (Å²) >= 11 is 0. The van der Waals surface area contributed by atoms with Gasteiger partial charge >= 0.3 is 0 Å². The molecule has 3 rings (SSSR count). The van der Waals surface area contributed by atoms with Crippen LogP contribution in [0.25, 0.3) is 11.5 Å². The molecule has 2 N–H and O–H groups in total. The lowest BCUT2D eigenvalue weighted by Crippen LogP contribution is -2.37. The maximum Gasteiger partial charge on any atom is 0.226 e. The zero-order valence-corrected chi connectivity index (χ0v) is 20.5. The number of oxazole rings is 2. The molecule has 2 heterocycles. The highest BCUT2D eigenvalue weighted by atomic mass is 127. The molecule has 8 heteroatoms. The van der Waals surface area contributed by atoms with Crippen molar-refractivity contribution in [3.05, 3.63) is 59.6 Å². The van der Waals surface area contributed by atoms with Crippen molar-refractivity contribution < 1.29 is 8.83 Å². The SMILES string of the molecule is CN=C(NCCc1coc(-c2ccc(C)cc2)n1)NCc1ncc(C(C)(C)C)o1.I. The van der Waals surface area contributed by atoms with E-state index in [1.54, 1.807) is 19.5 Å². The summed E-state index contributed by atoms with van der Waals surface area (Å²) in [5.74, 6) is 2.83. The molecular weight excluding hydrogens is 493 g/mol. The lowest BCUT2D eigenvalue weighted by Gasteiger charge is -2.13. The number of guanidine groups is 1. The van der Waals surface area contributed by atoms with Crippen LogP contribution < -0.4 is 10.6 Å². The Hall–Kier alpha value is -2.36. The average Bonchev–Trinajstić information content (AvgIpc) is 3.34. The Morgan fingerprint density at radius 1 is 1.13 bits per heavy atom. The molecule has 1 aromatic carbocycles. The van der Waals surface area contributed by atoms with Crippen LogP contribution in [0.4, 0.5) is 0 Å². The summed E-state index contributed by atoms with van der Waals surface area (Å²) in [6, 6.07) is 8.13. The fourth-order valence-corrected chi connectivity index (χ4v) is 2.68. The van der Waals surface area contributed by atoms with E-state index in [4.69, 9.17) is 8.83 Å². The third-order valence-electron chi connectivity index (χ3n) is 4.45. The van der Waals surface area contributed by atoms with Crippen molar-refractivity contribution in [2.75, 3.05) is 13.6 Å². The second kappa shape index (κ2) is 10.6. The van der Waals surface area contributed by atoms with Gasteiger partial charge in [-0.1, -0.05) is 38.5 Å². The highest BCUT2D eigenvalue weighted by Crippen LogP contribution is 2.22. The van der Waals surface area contributed by atoms with E-state index in [1.807, 2.05) is 12.1 Å². The molecule has 0 bridgehead atoms. The first-order valence-electron chi connectivity index (χ1n) is 9.76. The number of aliphatic imine (C=N–C) groups is 1. The van der Waals surface area contributed by atoms with E-state index in [0.717, 1.165) is 23.4 Å². The molecule has 2 aromatic heterocycles. The van der Waals surface area contributed by atoms with Gasteiger partial charge in [-0.3, -0.25) is 4.99 Å². The molecule has 0 radical (unpaired) electrons. The fraction of sp³-hybridized carbons (Fsp3) is 0.409. The number of rotatable bonds is 6. The smallest absolute Gasteiger partial charge is 0.226 e. The van der Waals surface area contributed by atoms with Gasteiger partial charge in [0.1, 0.15) is 12.0 Å². The van der Waals surface area contributed by atoms with Crippen molar-refractivity contribution in [1.82, 2.24) is 20.6 Å². The van der Waals surface area contributed by atoms with Crippen molar-refractivity contribution in [3.8, 4) is 11.5 Å². The van der Waals surface area contributed by atoms with E-state index >= 15 is 0 Å². The highest BCUT2D eigenvalue weighted by Gasteiger charge is 2.19. The largest absolute Gasteiger partial charge is 0.444 e. The lowest BCUT2D eigenvalue weighted by atomic mass is 9.94. The number of aryl methyl sites for hydroxylation is 1. The fourth-order valence-electron chi connectivity index (χ4n) is 2.68. The molecule has 0 aliphatic heterocycles. The second-order valence-corrected chi connectivity index (χ2v) is 7.98. The molecule has 0 aliphatic rings. The minimum atomic E-state index is -0.0554. The molecular formula is C22H30IN5O2. The molecule has 7 nitrogen and oxygen atoms in total. The molecule has 0 aliphatic carbocycles. The summed E-state index contributed by atoms with van der Waals surface area (Å²) in [5, 5.41) is 6.48. The van der Waals surface area contributed by atoms with Gasteiger partial charge in [0.05, 0.1) is 18.4 Å². The monoisotopic (exact) mass is 523 g/mol. The zero-order valence-electron chi connectivity index (χ0n) is 18.2. The number of hydrogen-bond acceptors (Lipinski definition) is 5. The zero-order chi connectivity index (χ0) is 20.9. The number of nitrogens with one attached hydrogen (secondary N) is 2. The first kappa shape index (κ1) is 23.9. The maximum atomic E-state index is 5.79. The Balaban J connectivity index is 0.00000320. The molecule has 0 amide bonds. The third-order valence-corrected chi connectivity index (χ3v) is 4.45. The van der Waals surface area contributed by atoms with Gasteiger partial charge in [-0.25, -0.2) is 9.97 Å². The van der Waals surface area contributed by atoms with Crippen LogP contribution in [-0.4, -0.2) is 29.5 Å². The van der Waals surface area contributed by atoms with Crippen LogP contribution >= 0.6 is 24.0 Å². The molecule has 3 aromatic rings. The molecule has 0 saturated carbocycles. The topological polar surface area (TPSA) is 88.5 Å². The number of benzene rings is 1. The summed E-state index contributed by atoms with van der Waals surface area (Å²) in [7, 11) is 1.73. The van der Waals surface area contributed by atoms with E-state index in [1.165, 1.54) is 5.56 Å². The third kappa shape index (κ3) is 6.58. The quantitative estimate of drug-likeness (QED) is 0.282. The summed E-state index contributed by atoms with van der Waals surface area (Å²) in [5.41, 5.74) is 3.03. The van der Waals surface area contributed by atoms with E-state index in [0.29, 0.717) is 30.8 Å². The Labute approximate surface area is 194 Å². The first-order valence-corrected chi connectivity index (χ1v) is 9.76. The second-order valence-electron chi connectivity index (χ2n) is 7.98. The van der Waals surface area contributed by atoms with Gasteiger partial charge in [0.2, 0.25) is 11.8 Å². The standard InChI is InChI=1S/C22H29N5O2.HI/c1-15-6-8-16(9-7-15)20-27-17(14-28-20)10-11-24-21(23-5)26-13-19-25-12-18(29-19)22(2,3)4;/h6-9,12,14H,10-11,13H2,1-5H3,(H2,23,24,26);1H. The van der Waals surface area contributed by atoms with Gasteiger partial charge in [0.15, 0.2) is 5.96 Å². The van der Waals surface area contributed by atoms with Crippen molar-refractivity contribution >= 4 is 29.9 Å². The van der Waals surface area contributed by atoms with Crippen LogP contribution in [0.1, 0.15) is 43.7 Å². The summed E-state index contributed by atoms with van der Waals surface area (Å²) in [6.45, 7) is 9.50. The minimum absolute atomic E-state index is 0. The van der Waals surface area contributed by atoms with Crippen LogP contribution in [0.15, 0.2) is 50.6 Å². The van der Waals surface area contributed by atoms with Crippen LogP contribution in [-0.2, 0) is 18.4 Å². The van der Waals surface area contributed by atoms with Gasteiger partial charge in [-0.05, 0) is 19.1 Å². The Kier molecular flexibility index (Phi) is 8.45.